The maximum atomic E-state index is 13.4. The van der Waals surface area contributed by atoms with E-state index in [0.717, 1.165) is 68.5 Å². The van der Waals surface area contributed by atoms with Crippen molar-refractivity contribution in [3.05, 3.63) is 93.0 Å². The van der Waals surface area contributed by atoms with Gasteiger partial charge in [0.2, 0.25) is 0 Å². The molecule has 0 atom stereocenters. The number of rotatable bonds is 6. The van der Waals surface area contributed by atoms with Crippen molar-refractivity contribution >= 4 is 23.3 Å². The summed E-state index contributed by atoms with van der Waals surface area (Å²) >= 11 is 0. The van der Waals surface area contributed by atoms with E-state index in [9.17, 15) is 4.79 Å². The summed E-state index contributed by atoms with van der Waals surface area (Å²) in [6.07, 6.45) is 1.66. The molecular weight excluding hydrogens is 472 g/mol. The zero-order chi connectivity index (χ0) is 24.5. The number of aromatic nitrogens is 6. The molecule has 0 aliphatic heterocycles. The van der Waals surface area contributed by atoms with Gasteiger partial charge in [-0.05, 0) is 65.4 Å². The molecule has 0 radical (unpaired) electrons. The van der Waals surface area contributed by atoms with Crippen LogP contribution in [-0.4, -0.2) is 30.2 Å². The predicted octanol–water partition coefficient (Wildman–Crippen LogP) is 5.46. The highest BCUT2D eigenvalue weighted by Crippen LogP contribution is 2.30. The Balaban J connectivity index is 0.00000304. The first kappa shape index (κ1) is 25.3. The van der Waals surface area contributed by atoms with Crippen molar-refractivity contribution < 1.29 is 0 Å². The molecular formula is C28H29ClN6O. The Labute approximate surface area is 216 Å². The molecule has 5 rings (SSSR count). The summed E-state index contributed by atoms with van der Waals surface area (Å²) in [6, 6.07) is 18.4. The molecule has 2 aromatic carbocycles. The molecule has 0 bridgehead atoms. The van der Waals surface area contributed by atoms with Crippen LogP contribution in [-0.2, 0) is 19.4 Å². The topological polar surface area (TPSA) is 89.3 Å². The third-order valence-electron chi connectivity index (χ3n) is 6.75. The number of aromatic amines is 1. The second kappa shape index (κ2) is 10.4. The van der Waals surface area contributed by atoms with Gasteiger partial charge in [-0.2, -0.15) is 0 Å². The number of hydrogen-bond acceptors (Lipinski definition) is 5. The molecule has 36 heavy (non-hydrogen) atoms. The zero-order valence-electron chi connectivity index (χ0n) is 20.9. The first-order valence-corrected chi connectivity index (χ1v) is 12.0. The number of benzene rings is 2. The number of fused-ring (bicyclic) bond motifs is 1. The highest BCUT2D eigenvalue weighted by molar-refractivity contribution is 5.86. The molecule has 0 aliphatic carbocycles. The van der Waals surface area contributed by atoms with Gasteiger partial charge in [0.25, 0.3) is 5.56 Å². The average Bonchev–Trinajstić information content (AvgIpc) is 3.44. The van der Waals surface area contributed by atoms with Crippen molar-refractivity contribution in [3.8, 4) is 22.5 Å². The molecule has 0 saturated carbocycles. The zero-order valence-corrected chi connectivity index (χ0v) is 21.7. The molecule has 0 unspecified atom stereocenters. The highest BCUT2D eigenvalue weighted by atomic mass is 35.5. The Hall–Kier alpha value is -3.84. The highest BCUT2D eigenvalue weighted by Gasteiger charge is 2.16. The molecule has 3 aromatic heterocycles. The van der Waals surface area contributed by atoms with Gasteiger partial charge in [0, 0.05) is 27.9 Å². The minimum Gasteiger partial charge on any atom is -0.303 e. The lowest BCUT2D eigenvalue weighted by Crippen LogP contribution is -2.25. The van der Waals surface area contributed by atoms with Gasteiger partial charge in [0.05, 0.1) is 12.1 Å². The minimum atomic E-state index is 0. The number of aryl methyl sites for hydroxylation is 3. The van der Waals surface area contributed by atoms with E-state index < -0.39 is 0 Å². The number of H-pyrrole nitrogens is 1. The molecule has 3 heterocycles. The third-order valence-corrected chi connectivity index (χ3v) is 6.75. The summed E-state index contributed by atoms with van der Waals surface area (Å²) < 4.78 is 1.90. The van der Waals surface area contributed by atoms with Crippen LogP contribution in [0.2, 0.25) is 0 Å². The van der Waals surface area contributed by atoms with Gasteiger partial charge < -0.3 is 4.57 Å². The number of pyridine rings is 2. The van der Waals surface area contributed by atoms with Crippen LogP contribution < -0.4 is 5.56 Å². The number of nitrogens with zero attached hydrogens (tertiary/aromatic N) is 5. The second-order valence-electron chi connectivity index (χ2n) is 8.80. The van der Waals surface area contributed by atoms with Crippen LogP contribution in [0.15, 0.2) is 59.4 Å². The minimum absolute atomic E-state index is 0. The van der Waals surface area contributed by atoms with Crippen LogP contribution in [0, 0.1) is 13.8 Å². The number of halogens is 1. The third kappa shape index (κ3) is 4.42. The van der Waals surface area contributed by atoms with E-state index in [0.29, 0.717) is 12.4 Å². The first-order valence-electron chi connectivity index (χ1n) is 12.0. The van der Waals surface area contributed by atoms with Gasteiger partial charge in [0.15, 0.2) is 5.82 Å². The van der Waals surface area contributed by atoms with Crippen LogP contribution in [0.3, 0.4) is 0 Å². The van der Waals surface area contributed by atoms with E-state index in [4.69, 9.17) is 4.98 Å². The SMILES string of the molecule is CCc1cc2c(c(CC)n1)c(C)c(C)c(=O)n2Cc1ccc(-c2ccccc2-c2nnn[nH]2)cc1.Cl. The summed E-state index contributed by atoms with van der Waals surface area (Å²) in [5, 5.41) is 15.4. The summed E-state index contributed by atoms with van der Waals surface area (Å²) in [7, 11) is 0. The lowest BCUT2D eigenvalue weighted by Gasteiger charge is -2.18. The molecule has 7 nitrogen and oxygen atoms in total. The fraction of sp³-hybridized carbons (Fsp3) is 0.250. The Morgan fingerprint density at radius 3 is 2.28 bits per heavy atom. The van der Waals surface area contributed by atoms with E-state index in [1.807, 2.05) is 36.6 Å². The average molecular weight is 501 g/mol. The molecule has 0 amide bonds. The Bertz CT molecular complexity index is 1570. The molecule has 184 valence electrons. The van der Waals surface area contributed by atoms with Gasteiger partial charge in [0.1, 0.15) is 0 Å². The van der Waals surface area contributed by atoms with Crippen molar-refractivity contribution in [2.45, 2.75) is 47.1 Å². The monoisotopic (exact) mass is 500 g/mol. The maximum absolute atomic E-state index is 13.4. The van der Waals surface area contributed by atoms with E-state index in [2.05, 4.69) is 70.9 Å². The standard InChI is InChI=1S/C28H28N6O.ClH/c1-5-21-15-25-26(24(6-2)29-21)17(3)18(4)28(35)34(25)16-19-11-13-20(14-12-19)22-9-7-8-10-23(22)27-30-32-33-31-27;/h7-15H,5-6,16H2,1-4H3,(H,30,31,32,33);1H. The quantitative estimate of drug-likeness (QED) is 0.334. The molecule has 5 aromatic rings. The molecule has 0 spiro atoms. The van der Waals surface area contributed by atoms with E-state index in [-0.39, 0.29) is 18.0 Å². The Morgan fingerprint density at radius 1 is 0.917 bits per heavy atom. The van der Waals surface area contributed by atoms with Gasteiger partial charge in [-0.25, -0.2) is 5.10 Å². The second-order valence-corrected chi connectivity index (χ2v) is 8.80. The molecule has 1 N–H and O–H groups in total. The van der Waals surface area contributed by atoms with Crippen LogP contribution in [0.1, 0.15) is 41.9 Å². The Kier molecular flexibility index (Phi) is 7.31. The predicted molar refractivity (Wildman–Crippen MR) is 146 cm³/mol. The van der Waals surface area contributed by atoms with Crippen LogP contribution in [0.5, 0.6) is 0 Å². The lowest BCUT2D eigenvalue weighted by molar-refractivity contribution is 0.781. The summed E-state index contributed by atoms with van der Waals surface area (Å²) in [5.74, 6) is 0.630. The summed E-state index contributed by atoms with van der Waals surface area (Å²) in [5.41, 5.74) is 9.00. The maximum Gasteiger partial charge on any atom is 0.254 e. The van der Waals surface area contributed by atoms with Gasteiger partial charge in [-0.3, -0.25) is 9.78 Å². The lowest BCUT2D eigenvalue weighted by atomic mass is 9.98. The first-order chi connectivity index (χ1) is 17.0. The number of tetrazole rings is 1. The van der Waals surface area contributed by atoms with Crippen molar-refractivity contribution in [1.29, 1.82) is 0 Å². The van der Waals surface area contributed by atoms with Crippen LogP contribution in [0.25, 0.3) is 33.4 Å². The fourth-order valence-electron chi connectivity index (χ4n) is 4.70. The largest absolute Gasteiger partial charge is 0.303 e. The van der Waals surface area contributed by atoms with Crippen molar-refractivity contribution in [2.24, 2.45) is 0 Å². The molecule has 8 heteroatoms. The van der Waals surface area contributed by atoms with Crippen molar-refractivity contribution in [3.63, 3.8) is 0 Å². The number of nitrogens with one attached hydrogen (secondary N) is 1. The van der Waals surface area contributed by atoms with Gasteiger partial charge in [-0.1, -0.05) is 62.4 Å². The molecule has 0 saturated heterocycles. The van der Waals surface area contributed by atoms with Crippen molar-refractivity contribution in [1.82, 2.24) is 30.2 Å². The van der Waals surface area contributed by atoms with Gasteiger partial charge >= 0.3 is 0 Å². The van der Waals surface area contributed by atoms with E-state index >= 15 is 0 Å². The fourth-order valence-corrected chi connectivity index (χ4v) is 4.70. The summed E-state index contributed by atoms with van der Waals surface area (Å²) in [6.45, 7) is 8.67. The Morgan fingerprint density at radius 2 is 1.64 bits per heavy atom. The van der Waals surface area contributed by atoms with Crippen molar-refractivity contribution in [2.75, 3.05) is 0 Å². The van der Waals surface area contributed by atoms with Gasteiger partial charge in [-0.15, -0.1) is 17.5 Å². The molecule has 0 fully saturated rings. The van der Waals surface area contributed by atoms with E-state index in [1.165, 1.54) is 0 Å². The normalized spacial score (nSPS) is 11.0. The number of hydrogen-bond donors (Lipinski definition) is 1. The van der Waals surface area contributed by atoms with Crippen LogP contribution in [0.4, 0.5) is 0 Å². The smallest absolute Gasteiger partial charge is 0.254 e. The summed E-state index contributed by atoms with van der Waals surface area (Å²) in [4.78, 5) is 18.3. The van der Waals surface area contributed by atoms with E-state index in [1.54, 1.807) is 0 Å². The van der Waals surface area contributed by atoms with Crippen LogP contribution >= 0.6 is 12.4 Å². The molecule has 0 aliphatic rings.